The van der Waals surface area contributed by atoms with Crippen LogP contribution in [0.3, 0.4) is 0 Å². The number of hydrogen-bond acceptors (Lipinski definition) is 2. The van der Waals surface area contributed by atoms with Crippen LogP contribution in [0.1, 0.15) is 0 Å². The van der Waals surface area contributed by atoms with Crippen LogP contribution >= 0.6 is 15.9 Å². The number of aliphatic hydroxyl groups is 1. The highest BCUT2D eigenvalue weighted by Gasteiger charge is 2.08. The van der Waals surface area contributed by atoms with Crippen LogP contribution in [0.2, 0.25) is 0 Å². The number of likely N-dealkylation sites (N-methyl/N-ethyl adjacent to an activating group) is 1. The molecule has 1 aromatic rings. The summed E-state index contributed by atoms with van der Waals surface area (Å²) in [5.74, 6) is -0.317. The van der Waals surface area contributed by atoms with Gasteiger partial charge in [0.25, 0.3) is 5.91 Å². The van der Waals surface area contributed by atoms with Gasteiger partial charge in [0.2, 0.25) is 0 Å². The number of anilines is 1. The average molecular weight is 244 g/mol. The molecule has 0 bridgehead atoms. The lowest BCUT2D eigenvalue weighted by Gasteiger charge is -2.15. The van der Waals surface area contributed by atoms with E-state index in [4.69, 9.17) is 5.11 Å². The summed E-state index contributed by atoms with van der Waals surface area (Å²) in [7, 11) is 1.63. The Balaban J connectivity index is 2.83. The first-order valence-corrected chi connectivity index (χ1v) is 4.57. The molecule has 0 unspecified atom stereocenters. The summed E-state index contributed by atoms with van der Waals surface area (Å²) in [6, 6.07) is 7.29. The fraction of sp³-hybridized carbons (Fsp3) is 0.222. The molecule has 0 atom stereocenters. The number of carbonyl (C=O) groups is 1. The molecule has 1 rings (SSSR count). The third-order valence-electron chi connectivity index (χ3n) is 1.72. The lowest BCUT2D eigenvalue weighted by molar-refractivity contribution is -0.120. The van der Waals surface area contributed by atoms with Gasteiger partial charge in [0.05, 0.1) is 0 Å². The summed E-state index contributed by atoms with van der Waals surface area (Å²) in [6.45, 7) is -0.466. The molecule has 0 spiro atoms. The van der Waals surface area contributed by atoms with E-state index in [9.17, 15) is 4.79 Å². The molecule has 0 aliphatic heterocycles. The molecular formula is C9H10BrNO2. The number of benzene rings is 1. The third-order valence-corrected chi connectivity index (χ3v) is 2.25. The Morgan fingerprint density at radius 2 is 2.00 bits per heavy atom. The zero-order valence-electron chi connectivity index (χ0n) is 7.20. The molecule has 0 fully saturated rings. The van der Waals surface area contributed by atoms with Gasteiger partial charge in [-0.15, -0.1) is 0 Å². The van der Waals surface area contributed by atoms with Crippen LogP contribution in [-0.2, 0) is 4.79 Å². The van der Waals surface area contributed by atoms with Crippen molar-refractivity contribution in [3.05, 3.63) is 28.7 Å². The van der Waals surface area contributed by atoms with Crippen LogP contribution in [0, 0.1) is 0 Å². The van der Waals surface area contributed by atoms with Gasteiger partial charge in [0.15, 0.2) is 0 Å². The smallest absolute Gasteiger partial charge is 0.252 e. The number of nitrogens with zero attached hydrogens (tertiary/aromatic N) is 1. The van der Waals surface area contributed by atoms with Gasteiger partial charge in [0, 0.05) is 17.2 Å². The minimum atomic E-state index is -0.466. The largest absolute Gasteiger partial charge is 0.387 e. The molecule has 13 heavy (non-hydrogen) atoms. The summed E-state index contributed by atoms with van der Waals surface area (Å²) in [4.78, 5) is 12.5. The lowest BCUT2D eigenvalue weighted by Crippen LogP contribution is -2.28. The number of aliphatic hydroxyl groups excluding tert-OH is 1. The minimum absolute atomic E-state index is 0.317. The first kappa shape index (κ1) is 10.2. The van der Waals surface area contributed by atoms with Gasteiger partial charge in [-0.25, -0.2) is 0 Å². The van der Waals surface area contributed by atoms with Gasteiger partial charge in [-0.05, 0) is 24.3 Å². The molecule has 3 nitrogen and oxygen atoms in total. The zero-order chi connectivity index (χ0) is 9.84. The summed E-state index contributed by atoms with van der Waals surface area (Å²) >= 11 is 3.30. The Kier molecular flexibility index (Phi) is 3.45. The van der Waals surface area contributed by atoms with E-state index in [-0.39, 0.29) is 5.91 Å². The molecule has 1 aromatic carbocycles. The van der Waals surface area contributed by atoms with Gasteiger partial charge in [0.1, 0.15) is 6.61 Å². The predicted octanol–water partition coefficient (Wildman–Crippen LogP) is 1.40. The van der Waals surface area contributed by atoms with Crippen molar-refractivity contribution in [2.24, 2.45) is 0 Å². The summed E-state index contributed by atoms with van der Waals surface area (Å²) in [5.41, 5.74) is 0.766. The standard InChI is InChI=1S/C9H10BrNO2/c1-11(9(13)6-12)8-4-2-7(10)3-5-8/h2-5,12H,6H2,1H3. The molecular weight excluding hydrogens is 234 g/mol. The molecule has 4 heteroatoms. The maximum absolute atomic E-state index is 11.1. The number of carbonyl (C=O) groups excluding carboxylic acids is 1. The minimum Gasteiger partial charge on any atom is -0.387 e. The van der Waals surface area contributed by atoms with E-state index >= 15 is 0 Å². The van der Waals surface area contributed by atoms with Crippen molar-refractivity contribution in [1.82, 2.24) is 0 Å². The Morgan fingerprint density at radius 3 is 2.46 bits per heavy atom. The third kappa shape index (κ3) is 2.54. The monoisotopic (exact) mass is 243 g/mol. The number of rotatable bonds is 2. The second-order valence-electron chi connectivity index (χ2n) is 2.59. The van der Waals surface area contributed by atoms with Crippen LogP contribution in [0.5, 0.6) is 0 Å². The molecule has 0 radical (unpaired) electrons. The van der Waals surface area contributed by atoms with Crippen molar-refractivity contribution in [3.8, 4) is 0 Å². The highest BCUT2D eigenvalue weighted by molar-refractivity contribution is 9.10. The topological polar surface area (TPSA) is 40.5 Å². The summed E-state index contributed by atoms with van der Waals surface area (Å²) in [6.07, 6.45) is 0. The van der Waals surface area contributed by atoms with E-state index in [1.165, 1.54) is 4.90 Å². The Labute approximate surface area is 85.1 Å². The molecule has 0 aliphatic rings. The highest BCUT2D eigenvalue weighted by Crippen LogP contribution is 2.16. The Morgan fingerprint density at radius 1 is 1.46 bits per heavy atom. The number of amides is 1. The van der Waals surface area contributed by atoms with E-state index in [1.807, 2.05) is 12.1 Å². The van der Waals surface area contributed by atoms with E-state index < -0.39 is 6.61 Å². The maximum Gasteiger partial charge on any atom is 0.252 e. The van der Waals surface area contributed by atoms with Gasteiger partial charge in [-0.3, -0.25) is 4.79 Å². The SMILES string of the molecule is CN(C(=O)CO)c1ccc(Br)cc1. The van der Waals surface area contributed by atoms with Crippen LogP contribution in [-0.4, -0.2) is 24.7 Å². The van der Waals surface area contributed by atoms with Gasteiger partial charge >= 0.3 is 0 Å². The Hall–Kier alpha value is -0.870. The lowest BCUT2D eigenvalue weighted by atomic mass is 10.3. The fourth-order valence-corrected chi connectivity index (χ4v) is 1.18. The van der Waals surface area contributed by atoms with E-state index in [0.29, 0.717) is 0 Å². The second kappa shape index (κ2) is 4.39. The van der Waals surface area contributed by atoms with Crippen LogP contribution in [0.4, 0.5) is 5.69 Å². The predicted molar refractivity (Wildman–Crippen MR) is 54.6 cm³/mol. The summed E-state index contributed by atoms with van der Waals surface area (Å²) in [5, 5.41) is 8.62. The maximum atomic E-state index is 11.1. The van der Waals surface area contributed by atoms with Crippen molar-refractivity contribution in [3.63, 3.8) is 0 Å². The molecule has 0 aromatic heterocycles. The molecule has 70 valence electrons. The van der Waals surface area contributed by atoms with Gasteiger partial charge in [-0.1, -0.05) is 15.9 Å². The van der Waals surface area contributed by atoms with Gasteiger partial charge in [-0.2, -0.15) is 0 Å². The van der Waals surface area contributed by atoms with Crippen LogP contribution < -0.4 is 4.90 Å². The zero-order valence-corrected chi connectivity index (χ0v) is 8.78. The van der Waals surface area contributed by atoms with E-state index in [0.717, 1.165) is 10.2 Å². The average Bonchev–Trinajstić information content (AvgIpc) is 2.17. The molecule has 0 saturated carbocycles. The van der Waals surface area contributed by atoms with E-state index in [1.54, 1.807) is 19.2 Å². The first-order valence-electron chi connectivity index (χ1n) is 3.78. The van der Waals surface area contributed by atoms with Gasteiger partial charge < -0.3 is 10.0 Å². The first-order chi connectivity index (χ1) is 6.15. The number of hydrogen-bond donors (Lipinski definition) is 1. The molecule has 0 heterocycles. The Bertz CT molecular complexity index is 297. The van der Waals surface area contributed by atoms with Crippen molar-refractivity contribution >= 4 is 27.5 Å². The van der Waals surface area contributed by atoms with E-state index in [2.05, 4.69) is 15.9 Å². The summed E-state index contributed by atoms with van der Waals surface area (Å²) < 4.78 is 0.959. The molecule has 1 amide bonds. The highest BCUT2D eigenvalue weighted by atomic mass is 79.9. The number of halogens is 1. The van der Waals surface area contributed by atoms with Crippen LogP contribution in [0.25, 0.3) is 0 Å². The molecule has 0 saturated heterocycles. The fourth-order valence-electron chi connectivity index (χ4n) is 0.915. The molecule has 0 aliphatic carbocycles. The van der Waals surface area contributed by atoms with Crippen molar-refractivity contribution < 1.29 is 9.90 Å². The van der Waals surface area contributed by atoms with Crippen molar-refractivity contribution in [1.29, 1.82) is 0 Å². The van der Waals surface area contributed by atoms with Crippen molar-refractivity contribution in [2.75, 3.05) is 18.6 Å². The van der Waals surface area contributed by atoms with Crippen LogP contribution in [0.15, 0.2) is 28.7 Å². The quantitative estimate of drug-likeness (QED) is 0.854. The molecule has 1 N–H and O–H groups in total. The normalized spacial score (nSPS) is 9.77. The second-order valence-corrected chi connectivity index (χ2v) is 3.50. The van der Waals surface area contributed by atoms with Crippen molar-refractivity contribution in [2.45, 2.75) is 0 Å².